The van der Waals surface area contributed by atoms with Crippen molar-refractivity contribution in [3.8, 4) is 22.6 Å². The van der Waals surface area contributed by atoms with Crippen molar-refractivity contribution in [2.45, 2.75) is 20.3 Å². The van der Waals surface area contributed by atoms with E-state index in [9.17, 15) is 9.59 Å². The Morgan fingerprint density at radius 1 is 1.06 bits per heavy atom. The average molecular weight is 440 g/mol. The van der Waals surface area contributed by atoms with Crippen LogP contribution in [0.25, 0.3) is 11.1 Å². The third-order valence-electron chi connectivity index (χ3n) is 4.51. The molecule has 1 N–H and O–H groups in total. The predicted molar refractivity (Wildman–Crippen MR) is 122 cm³/mol. The zero-order chi connectivity index (χ0) is 22.2. The van der Waals surface area contributed by atoms with Gasteiger partial charge >= 0.3 is 5.97 Å². The lowest BCUT2D eigenvalue weighted by Gasteiger charge is -2.12. The first-order valence-electron chi connectivity index (χ1n) is 9.94. The summed E-state index contributed by atoms with van der Waals surface area (Å²) in [5.41, 5.74) is 2.79. The van der Waals surface area contributed by atoms with Gasteiger partial charge in [-0.3, -0.25) is 4.79 Å². The number of anilines is 1. The van der Waals surface area contributed by atoms with E-state index in [0.717, 1.165) is 11.1 Å². The number of ether oxygens (including phenoxy) is 3. The number of amides is 1. The lowest BCUT2D eigenvalue weighted by atomic mass is 10.0. The molecule has 1 amide bonds. The van der Waals surface area contributed by atoms with Gasteiger partial charge in [-0.1, -0.05) is 29.8 Å². The minimum Gasteiger partial charge on any atom is -0.496 e. The van der Waals surface area contributed by atoms with Gasteiger partial charge in [0.2, 0.25) is 5.91 Å². The number of para-hydroxylation sites is 1. The van der Waals surface area contributed by atoms with Crippen LogP contribution in [0.4, 0.5) is 5.00 Å². The molecule has 0 spiro atoms. The predicted octanol–water partition coefficient (Wildman–Crippen LogP) is 5.32. The summed E-state index contributed by atoms with van der Waals surface area (Å²) < 4.78 is 16.3. The number of hydrogen-bond acceptors (Lipinski definition) is 6. The highest BCUT2D eigenvalue weighted by Crippen LogP contribution is 2.40. The van der Waals surface area contributed by atoms with Gasteiger partial charge in [-0.2, -0.15) is 0 Å². The molecule has 162 valence electrons. The minimum atomic E-state index is -0.488. The first kappa shape index (κ1) is 22.4. The van der Waals surface area contributed by atoms with Crippen molar-refractivity contribution in [1.82, 2.24) is 0 Å². The average Bonchev–Trinajstić information content (AvgIpc) is 3.18. The normalized spacial score (nSPS) is 10.4. The SMILES string of the molecule is CCOC(=O)c1c(-c2cc(C)ccc2OC)csc1NC(=O)CCOc1ccccc1. The number of carbonyl (C=O) groups is 2. The molecule has 1 heterocycles. The summed E-state index contributed by atoms with van der Waals surface area (Å²) in [6.45, 7) is 4.18. The number of methoxy groups -OCH3 is 1. The van der Waals surface area contributed by atoms with E-state index in [4.69, 9.17) is 14.2 Å². The molecule has 0 aliphatic carbocycles. The molecule has 0 fully saturated rings. The van der Waals surface area contributed by atoms with Gasteiger partial charge in [0.25, 0.3) is 0 Å². The Morgan fingerprint density at radius 2 is 1.84 bits per heavy atom. The highest BCUT2D eigenvalue weighted by atomic mass is 32.1. The molecule has 0 bridgehead atoms. The molecule has 0 atom stereocenters. The van der Waals surface area contributed by atoms with Crippen molar-refractivity contribution in [3.63, 3.8) is 0 Å². The molecular weight excluding hydrogens is 414 g/mol. The highest BCUT2D eigenvalue weighted by molar-refractivity contribution is 7.15. The smallest absolute Gasteiger partial charge is 0.341 e. The van der Waals surface area contributed by atoms with Crippen molar-refractivity contribution in [2.24, 2.45) is 0 Å². The molecule has 1 aromatic heterocycles. The van der Waals surface area contributed by atoms with Gasteiger partial charge in [0.05, 0.1) is 26.7 Å². The minimum absolute atomic E-state index is 0.151. The zero-order valence-electron chi connectivity index (χ0n) is 17.8. The van der Waals surface area contributed by atoms with Crippen LogP contribution in [0.3, 0.4) is 0 Å². The van der Waals surface area contributed by atoms with Crippen LogP contribution in [0.1, 0.15) is 29.3 Å². The molecule has 7 heteroatoms. The maximum atomic E-state index is 12.8. The Balaban J connectivity index is 1.81. The molecule has 0 saturated carbocycles. The van der Waals surface area contributed by atoms with E-state index in [1.54, 1.807) is 14.0 Å². The fourth-order valence-electron chi connectivity index (χ4n) is 3.05. The number of esters is 1. The first-order chi connectivity index (χ1) is 15.0. The van der Waals surface area contributed by atoms with Crippen LogP contribution in [0.2, 0.25) is 0 Å². The number of thiophene rings is 1. The molecule has 2 aromatic carbocycles. The van der Waals surface area contributed by atoms with Gasteiger partial charge in [0, 0.05) is 16.5 Å². The van der Waals surface area contributed by atoms with Crippen molar-refractivity contribution >= 4 is 28.2 Å². The van der Waals surface area contributed by atoms with Crippen LogP contribution in [-0.2, 0) is 9.53 Å². The second kappa shape index (κ2) is 10.6. The van der Waals surface area contributed by atoms with Crippen LogP contribution >= 0.6 is 11.3 Å². The van der Waals surface area contributed by atoms with Crippen molar-refractivity contribution in [3.05, 3.63) is 65.0 Å². The summed E-state index contributed by atoms with van der Waals surface area (Å²) in [5, 5.41) is 5.12. The molecule has 0 unspecified atom stereocenters. The molecule has 6 nitrogen and oxygen atoms in total. The van der Waals surface area contributed by atoms with Crippen LogP contribution in [0.15, 0.2) is 53.9 Å². The quantitative estimate of drug-likeness (QED) is 0.457. The van der Waals surface area contributed by atoms with Crippen LogP contribution in [-0.4, -0.2) is 32.2 Å². The summed E-state index contributed by atoms with van der Waals surface area (Å²) >= 11 is 1.28. The highest BCUT2D eigenvalue weighted by Gasteiger charge is 2.24. The van der Waals surface area contributed by atoms with Crippen molar-refractivity contribution in [2.75, 3.05) is 25.6 Å². The maximum Gasteiger partial charge on any atom is 0.341 e. The Kier molecular flexibility index (Phi) is 7.67. The summed E-state index contributed by atoms with van der Waals surface area (Å²) in [5.74, 6) is 0.611. The fraction of sp³-hybridized carbons (Fsp3) is 0.250. The molecular formula is C24H25NO5S. The second-order valence-electron chi connectivity index (χ2n) is 6.74. The Morgan fingerprint density at radius 3 is 2.55 bits per heavy atom. The topological polar surface area (TPSA) is 73.9 Å². The molecule has 31 heavy (non-hydrogen) atoms. The summed E-state index contributed by atoms with van der Waals surface area (Å²) in [4.78, 5) is 25.3. The molecule has 3 rings (SSSR count). The van der Waals surface area contributed by atoms with Gasteiger partial charge in [0.1, 0.15) is 22.1 Å². The Bertz CT molecular complexity index is 1050. The monoisotopic (exact) mass is 439 g/mol. The van der Waals surface area contributed by atoms with E-state index in [1.165, 1.54) is 11.3 Å². The summed E-state index contributed by atoms with van der Waals surface area (Å²) in [6.07, 6.45) is 0.151. The van der Waals surface area contributed by atoms with E-state index in [1.807, 2.05) is 60.8 Å². The van der Waals surface area contributed by atoms with Crippen LogP contribution in [0.5, 0.6) is 11.5 Å². The van der Waals surface area contributed by atoms with E-state index >= 15 is 0 Å². The number of hydrogen-bond donors (Lipinski definition) is 1. The summed E-state index contributed by atoms with van der Waals surface area (Å²) in [7, 11) is 1.58. The number of aryl methyl sites for hydroxylation is 1. The van der Waals surface area contributed by atoms with Gasteiger partial charge in [-0.05, 0) is 38.1 Å². The van der Waals surface area contributed by atoms with Gasteiger partial charge < -0.3 is 19.5 Å². The molecule has 0 aliphatic heterocycles. The maximum absolute atomic E-state index is 12.8. The van der Waals surface area contributed by atoms with E-state index in [-0.39, 0.29) is 25.5 Å². The van der Waals surface area contributed by atoms with Crippen LogP contribution < -0.4 is 14.8 Å². The van der Waals surface area contributed by atoms with Gasteiger partial charge in [0.15, 0.2) is 0 Å². The van der Waals surface area contributed by atoms with Crippen molar-refractivity contribution in [1.29, 1.82) is 0 Å². The largest absolute Gasteiger partial charge is 0.496 e. The Hall–Kier alpha value is -3.32. The molecule has 0 radical (unpaired) electrons. The fourth-order valence-corrected chi connectivity index (χ4v) is 4.02. The molecule has 0 saturated heterocycles. The van der Waals surface area contributed by atoms with E-state index < -0.39 is 5.97 Å². The molecule has 3 aromatic rings. The zero-order valence-corrected chi connectivity index (χ0v) is 18.6. The van der Waals surface area contributed by atoms with E-state index in [2.05, 4.69) is 5.32 Å². The number of carbonyl (C=O) groups excluding carboxylic acids is 2. The standard InChI is InChI=1S/C24H25NO5S/c1-4-29-24(27)22-19(18-14-16(2)10-11-20(18)28-3)15-31-23(22)25-21(26)12-13-30-17-8-6-5-7-9-17/h5-11,14-15H,4,12-13H2,1-3H3,(H,25,26). The van der Waals surface area contributed by atoms with E-state index in [0.29, 0.717) is 27.6 Å². The van der Waals surface area contributed by atoms with Gasteiger partial charge in [-0.25, -0.2) is 4.79 Å². The first-order valence-corrected chi connectivity index (χ1v) is 10.8. The van der Waals surface area contributed by atoms with Gasteiger partial charge in [-0.15, -0.1) is 11.3 Å². The third kappa shape index (κ3) is 5.64. The molecule has 0 aliphatic rings. The number of nitrogens with one attached hydrogen (secondary N) is 1. The number of benzene rings is 2. The second-order valence-corrected chi connectivity index (χ2v) is 7.62. The van der Waals surface area contributed by atoms with Crippen molar-refractivity contribution < 1.29 is 23.8 Å². The lowest BCUT2D eigenvalue weighted by molar-refractivity contribution is -0.116. The summed E-state index contributed by atoms with van der Waals surface area (Å²) in [6, 6.07) is 15.0. The number of rotatable bonds is 9. The lowest BCUT2D eigenvalue weighted by Crippen LogP contribution is -2.17. The third-order valence-corrected chi connectivity index (χ3v) is 5.41. The Labute approximate surface area is 185 Å². The van der Waals surface area contributed by atoms with Crippen LogP contribution in [0, 0.1) is 6.92 Å².